The van der Waals surface area contributed by atoms with E-state index in [2.05, 4.69) is 31.9 Å². The highest BCUT2D eigenvalue weighted by molar-refractivity contribution is 9.13. The van der Waals surface area contributed by atoms with E-state index >= 15 is 0 Å². The number of benzene rings is 1. The van der Waals surface area contributed by atoms with Crippen molar-refractivity contribution in [2.75, 3.05) is 0 Å². The van der Waals surface area contributed by atoms with Crippen LogP contribution in [0, 0.1) is 5.82 Å². The highest BCUT2D eigenvalue weighted by Gasteiger charge is 2.21. The van der Waals surface area contributed by atoms with Crippen molar-refractivity contribution in [3.8, 4) is 0 Å². The first-order chi connectivity index (χ1) is 8.00. The van der Waals surface area contributed by atoms with Gasteiger partial charge in [-0.3, -0.25) is 0 Å². The third-order valence-corrected chi connectivity index (χ3v) is 6.40. The molecule has 1 aromatic carbocycles. The lowest BCUT2D eigenvalue weighted by Crippen LogP contribution is -1.95. The molecule has 0 amide bonds. The van der Waals surface area contributed by atoms with Gasteiger partial charge in [-0.05, 0) is 50.1 Å². The Balaban J connectivity index is 2.47. The number of rotatable bonds is 2. The van der Waals surface area contributed by atoms with Crippen LogP contribution in [0.25, 0.3) is 0 Å². The van der Waals surface area contributed by atoms with Crippen molar-refractivity contribution in [2.24, 2.45) is 0 Å². The predicted octanol–water partition coefficient (Wildman–Crippen LogP) is 6.39. The summed E-state index contributed by atoms with van der Waals surface area (Å²) in [5.41, 5.74) is 0.317. The summed E-state index contributed by atoms with van der Waals surface area (Å²) in [6.45, 7) is 0. The van der Waals surface area contributed by atoms with E-state index in [1.807, 2.05) is 6.07 Å². The maximum atomic E-state index is 13.7. The molecule has 1 aromatic heterocycles. The van der Waals surface area contributed by atoms with E-state index in [-0.39, 0.29) is 0 Å². The Morgan fingerprint density at radius 3 is 2.53 bits per heavy atom. The monoisotopic (exact) mass is 416 g/mol. The fourth-order valence-corrected chi connectivity index (χ4v) is 4.21. The molecular weight excluding hydrogens is 414 g/mol. The number of hydrogen-bond acceptors (Lipinski definition) is 1. The topological polar surface area (TPSA) is 0 Å². The lowest BCUT2D eigenvalue weighted by molar-refractivity contribution is 0.613. The molecule has 0 bridgehead atoms. The lowest BCUT2D eigenvalue weighted by Gasteiger charge is -2.10. The number of alkyl halides is 1. The highest BCUT2D eigenvalue weighted by Crippen LogP contribution is 2.42. The zero-order chi connectivity index (χ0) is 12.6. The van der Waals surface area contributed by atoms with Gasteiger partial charge in [-0.1, -0.05) is 17.7 Å². The maximum Gasteiger partial charge on any atom is 0.129 e. The lowest BCUT2D eigenvalue weighted by atomic mass is 10.1. The molecule has 2 aromatic rings. The smallest absolute Gasteiger partial charge is 0.129 e. The molecule has 0 fully saturated rings. The summed E-state index contributed by atoms with van der Waals surface area (Å²) < 4.78 is 15.5. The summed E-state index contributed by atoms with van der Waals surface area (Å²) in [6.07, 6.45) is 0. The minimum atomic E-state index is -0.587. The molecule has 1 unspecified atom stereocenters. The van der Waals surface area contributed by atoms with Gasteiger partial charge in [0.1, 0.15) is 5.82 Å². The summed E-state index contributed by atoms with van der Waals surface area (Å²) in [6, 6.07) is 6.40. The first-order valence-corrected chi connectivity index (χ1v) is 7.75. The standard InChI is InChI=1S/C11H5Br2Cl2FS/c12-5-4-8(17-11(5)13)10(15)9-6(14)2-1-3-7(9)16/h1-4,10H. The fraction of sp³-hybridized carbons (Fsp3) is 0.0909. The third kappa shape index (κ3) is 2.87. The molecule has 17 heavy (non-hydrogen) atoms. The van der Waals surface area contributed by atoms with E-state index in [0.717, 1.165) is 13.1 Å². The Labute approximate surface area is 129 Å². The molecule has 0 saturated heterocycles. The molecule has 0 aliphatic rings. The molecule has 0 N–H and O–H groups in total. The first-order valence-electron chi connectivity index (χ1n) is 4.53. The van der Waals surface area contributed by atoms with Gasteiger partial charge in [-0.15, -0.1) is 22.9 Å². The van der Waals surface area contributed by atoms with Crippen molar-refractivity contribution < 1.29 is 4.39 Å². The summed E-state index contributed by atoms with van der Waals surface area (Å²) in [5, 5.41) is -0.248. The second kappa shape index (κ2) is 5.57. The molecule has 2 rings (SSSR count). The van der Waals surface area contributed by atoms with E-state index in [0.29, 0.717) is 10.6 Å². The Kier molecular flexibility index (Phi) is 4.53. The third-order valence-electron chi connectivity index (χ3n) is 2.17. The van der Waals surface area contributed by atoms with Gasteiger partial charge in [-0.25, -0.2) is 4.39 Å². The SMILES string of the molecule is Fc1cccc(Cl)c1C(Cl)c1cc(Br)c(Br)s1. The fourth-order valence-electron chi connectivity index (χ4n) is 1.38. The quantitative estimate of drug-likeness (QED) is 0.495. The van der Waals surface area contributed by atoms with E-state index in [1.54, 1.807) is 12.1 Å². The molecule has 90 valence electrons. The molecular formula is C11H5Br2Cl2FS. The van der Waals surface area contributed by atoms with Crippen molar-refractivity contribution in [1.82, 2.24) is 0 Å². The Morgan fingerprint density at radius 1 is 1.29 bits per heavy atom. The summed E-state index contributed by atoms with van der Waals surface area (Å²) in [4.78, 5) is 0.831. The van der Waals surface area contributed by atoms with Gasteiger partial charge in [0.2, 0.25) is 0 Å². The highest BCUT2D eigenvalue weighted by atomic mass is 79.9. The van der Waals surface area contributed by atoms with E-state index in [4.69, 9.17) is 23.2 Å². The Hall–Kier alpha value is 0.390. The van der Waals surface area contributed by atoms with E-state index in [1.165, 1.54) is 17.4 Å². The Morgan fingerprint density at radius 2 is 2.00 bits per heavy atom. The number of thiophene rings is 1. The molecule has 0 radical (unpaired) electrons. The van der Waals surface area contributed by atoms with Gasteiger partial charge in [0.15, 0.2) is 0 Å². The predicted molar refractivity (Wildman–Crippen MR) is 78.8 cm³/mol. The normalized spacial score (nSPS) is 12.8. The molecule has 0 saturated carbocycles. The van der Waals surface area contributed by atoms with Crippen molar-refractivity contribution >= 4 is 66.4 Å². The van der Waals surface area contributed by atoms with Gasteiger partial charge in [0, 0.05) is 19.9 Å². The molecule has 0 spiro atoms. The van der Waals surface area contributed by atoms with Gasteiger partial charge in [-0.2, -0.15) is 0 Å². The molecule has 1 heterocycles. The maximum absolute atomic E-state index is 13.7. The summed E-state index contributed by atoms with van der Waals surface area (Å²) >= 11 is 20.4. The van der Waals surface area contributed by atoms with Crippen molar-refractivity contribution in [3.63, 3.8) is 0 Å². The Bertz CT molecular complexity index is 517. The number of halogens is 5. The molecule has 6 heteroatoms. The van der Waals surface area contributed by atoms with Crippen LogP contribution in [0.5, 0.6) is 0 Å². The van der Waals surface area contributed by atoms with Crippen LogP contribution in [0.2, 0.25) is 5.02 Å². The second-order valence-electron chi connectivity index (χ2n) is 3.27. The minimum Gasteiger partial charge on any atom is -0.207 e. The van der Waals surface area contributed by atoms with Crippen LogP contribution < -0.4 is 0 Å². The van der Waals surface area contributed by atoms with Crippen molar-refractivity contribution in [2.45, 2.75) is 5.38 Å². The minimum absolute atomic E-state index is 0.317. The average molecular weight is 419 g/mol. The van der Waals surface area contributed by atoms with Crippen LogP contribution in [0.1, 0.15) is 15.8 Å². The number of hydrogen-bond donors (Lipinski definition) is 0. The summed E-state index contributed by atoms with van der Waals surface area (Å²) in [5.74, 6) is -0.391. The van der Waals surface area contributed by atoms with Crippen LogP contribution in [-0.4, -0.2) is 0 Å². The van der Waals surface area contributed by atoms with Crippen LogP contribution >= 0.6 is 66.4 Å². The second-order valence-corrected chi connectivity index (χ2v) is 7.37. The van der Waals surface area contributed by atoms with Crippen LogP contribution in [0.15, 0.2) is 32.5 Å². The molecule has 0 aliphatic heterocycles. The van der Waals surface area contributed by atoms with Gasteiger partial charge in [0.25, 0.3) is 0 Å². The van der Waals surface area contributed by atoms with Crippen molar-refractivity contribution in [3.05, 3.63) is 53.8 Å². The van der Waals surface area contributed by atoms with Gasteiger partial charge in [0.05, 0.1) is 9.16 Å². The molecule has 1 atom stereocenters. The molecule has 0 nitrogen and oxygen atoms in total. The molecule has 0 aliphatic carbocycles. The van der Waals surface area contributed by atoms with Crippen LogP contribution in [0.4, 0.5) is 4.39 Å². The zero-order valence-corrected chi connectivity index (χ0v) is 13.7. The van der Waals surface area contributed by atoms with Gasteiger partial charge < -0.3 is 0 Å². The first kappa shape index (κ1) is 13.8. The van der Waals surface area contributed by atoms with E-state index in [9.17, 15) is 4.39 Å². The largest absolute Gasteiger partial charge is 0.207 e. The average Bonchev–Trinajstić information content (AvgIpc) is 2.59. The summed E-state index contributed by atoms with van der Waals surface area (Å²) in [7, 11) is 0. The van der Waals surface area contributed by atoms with E-state index < -0.39 is 11.2 Å². The van der Waals surface area contributed by atoms with Crippen molar-refractivity contribution in [1.29, 1.82) is 0 Å². The van der Waals surface area contributed by atoms with Gasteiger partial charge >= 0.3 is 0 Å². The zero-order valence-electron chi connectivity index (χ0n) is 8.18. The van der Waals surface area contributed by atoms with Crippen LogP contribution in [-0.2, 0) is 0 Å². The van der Waals surface area contributed by atoms with Crippen LogP contribution in [0.3, 0.4) is 0 Å².